The average molecular weight is 247 g/mol. The van der Waals surface area contributed by atoms with Crippen LogP contribution >= 0.6 is 0 Å². The van der Waals surface area contributed by atoms with E-state index < -0.39 is 0 Å². The van der Waals surface area contributed by atoms with Crippen molar-refractivity contribution in [2.45, 2.75) is 19.9 Å². The first-order valence-electron chi connectivity index (χ1n) is 6.18. The molecule has 1 atom stereocenters. The number of hydrogen-bond acceptors (Lipinski definition) is 5. The van der Waals surface area contributed by atoms with Gasteiger partial charge in [0, 0.05) is 25.7 Å². The highest BCUT2D eigenvalue weighted by Crippen LogP contribution is 2.20. The maximum atomic E-state index is 5.28. The number of nitrogens with zero attached hydrogens (tertiary/aromatic N) is 3. The molecule has 2 aromatic rings. The predicted molar refractivity (Wildman–Crippen MR) is 68.5 cm³/mol. The highest BCUT2D eigenvalue weighted by atomic mass is 16.3. The molecule has 96 valence electrons. The van der Waals surface area contributed by atoms with Gasteiger partial charge in [-0.15, -0.1) is 5.10 Å². The first-order chi connectivity index (χ1) is 8.72. The zero-order chi connectivity index (χ0) is 12.5. The van der Waals surface area contributed by atoms with Crippen molar-refractivity contribution < 1.29 is 4.42 Å². The van der Waals surface area contributed by atoms with Gasteiger partial charge < -0.3 is 14.6 Å². The van der Waals surface area contributed by atoms with Crippen molar-refractivity contribution in [3.05, 3.63) is 18.1 Å². The second-order valence-corrected chi connectivity index (χ2v) is 4.73. The Morgan fingerprint density at radius 1 is 1.50 bits per heavy atom. The Balaban J connectivity index is 1.80. The van der Waals surface area contributed by atoms with Crippen LogP contribution in [0.3, 0.4) is 0 Å². The molecule has 0 radical (unpaired) electrons. The molecular weight excluding hydrogens is 230 g/mol. The molecule has 6 nitrogen and oxygen atoms in total. The van der Waals surface area contributed by atoms with Gasteiger partial charge in [-0.1, -0.05) is 0 Å². The van der Waals surface area contributed by atoms with Gasteiger partial charge in [0.2, 0.25) is 5.95 Å². The molecule has 0 aliphatic carbocycles. The van der Waals surface area contributed by atoms with E-state index in [1.807, 2.05) is 13.0 Å². The number of H-pyrrole nitrogens is 1. The van der Waals surface area contributed by atoms with E-state index >= 15 is 0 Å². The molecule has 3 heterocycles. The molecule has 0 saturated carbocycles. The zero-order valence-electron chi connectivity index (χ0n) is 10.6. The lowest BCUT2D eigenvalue weighted by Crippen LogP contribution is -2.49. The minimum atomic E-state index is 0.469. The lowest BCUT2D eigenvalue weighted by Gasteiger charge is -2.30. The summed E-state index contributed by atoms with van der Waals surface area (Å²) >= 11 is 0. The van der Waals surface area contributed by atoms with Crippen molar-refractivity contribution in [3.63, 3.8) is 0 Å². The molecule has 1 fully saturated rings. The highest BCUT2D eigenvalue weighted by Gasteiger charge is 2.19. The molecule has 0 amide bonds. The molecular formula is C12H17N5O. The number of aromatic nitrogens is 3. The second-order valence-electron chi connectivity index (χ2n) is 4.73. The Morgan fingerprint density at radius 2 is 2.39 bits per heavy atom. The normalized spacial score (nSPS) is 20.3. The largest absolute Gasteiger partial charge is 0.469 e. The van der Waals surface area contributed by atoms with E-state index in [9.17, 15) is 0 Å². The van der Waals surface area contributed by atoms with Gasteiger partial charge in [0.25, 0.3) is 0 Å². The molecule has 1 aliphatic rings. The van der Waals surface area contributed by atoms with E-state index in [-0.39, 0.29) is 0 Å². The van der Waals surface area contributed by atoms with Gasteiger partial charge in [0.1, 0.15) is 12.0 Å². The Bertz CT molecular complexity index is 532. The van der Waals surface area contributed by atoms with Gasteiger partial charge in [0.15, 0.2) is 5.82 Å². The molecule has 1 aliphatic heterocycles. The fourth-order valence-electron chi connectivity index (χ4n) is 2.21. The summed E-state index contributed by atoms with van der Waals surface area (Å²) in [6.45, 7) is 6.92. The Labute approximate surface area is 105 Å². The topological polar surface area (TPSA) is 70.0 Å². The lowest BCUT2D eigenvalue weighted by molar-refractivity contribution is 0.480. The van der Waals surface area contributed by atoms with E-state index in [0.717, 1.165) is 42.7 Å². The number of furan rings is 1. The number of aromatic amines is 1. The van der Waals surface area contributed by atoms with E-state index in [4.69, 9.17) is 4.42 Å². The fourth-order valence-corrected chi connectivity index (χ4v) is 2.21. The molecule has 0 aromatic carbocycles. The lowest BCUT2D eigenvalue weighted by atomic mass is 10.2. The molecule has 0 unspecified atom stereocenters. The van der Waals surface area contributed by atoms with Crippen LogP contribution in [-0.4, -0.2) is 40.9 Å². The van der Waals surface area contributed by atoms with Crippen molar-refractivity contribution in [1.29, 1.82) is 0 Å². The van der Waals surface area contributed by atoms with Crippen LogP contribution in [0.2, 0.25) is 0 Å². The molecule has 1 saturated heterocycles. The second kappa shape index (κ2) is 4.45. The van der Waals surface area contributed by atoms with E-state index in [2.05, 4.69) is 32.3 Å². The zero-order valence-corrected chi connectivity index (χ0v) is 10.6. The third kappa shape index (κ3) is 2.11. The summed E-state index contributed by atoms with van der Waals surface area (Å²) in [5.74, 6) is 2.39. The molecule has 0 spiro atoms. The monoisotopic (exact) mass is 247 g/mol. The quantitative estimate of drug-likeness (QED) is 0.833. The summed E-state index contributed by atoms with van der Waals surface area (Å²) in [6.07, 6.45) is 1.69. The minimum Gasteiger partial charge on any atom is -0.469 e. The van der Waals surface area contributed by atoms with Crippen LogP contribution in [0.15, 0.2) is 16.7 Å². The van der Waals surface area contributed by atoms with Crippen molar-refractivity contribution in [3.8, 4) is 11.4 Å². The Kier molecular flexibility index (Phi) is 2.79. The third-order valence-corrected chi connectivity index (χ3v) is 3.13. The van der Waals surface area contributed by atoms with E-state index in [1.54, 1.807) is 6.26 Å². The van der Waals surface area contributed by atoms with Crippen molar-refractivity contribution in [2.24, 2.45) is 0 Å². The summed E-state index contributed by atoms with van der Waals surface area (Å²) in [5, 5.41) is 10.6. The number of anilines is 1. The summed E-state index contributed by atoms with van der Waals surface area (Å²) < 4.78 is 5.28. The molecule has 2 N–H and O–H groups in total. The first kappa shape index (κ1) is 11.3. The molecule has 0 bridgehead atoms. The SMILES string of the molecule is Cc1cc(-c2nc(N3CCN[C@@H](C)C3)n[nH]2)co1. The average Bonchev–Trinajstić information content (AvgIpc) is 2.97. The molecule has 6 heteroatoms. The number of rotatable bonds is 2. The summed E-state index contributed by atoms with van der Waals surface area (Å²) in [5.41, 5.74) is 0.939. The highest BCUT2D eigenvalue weighted by molar-refractivity contribution is 5.55. The van der Waals surface area contributed by atoms with Gasteiger partial charge in [0.05, 0.1) is 5.56 Å². The molecule has 2 aromatic heterocycles. The van der Waals surface area contributed by atoms with Crippen LogP contribution in [0.1, 0.15) is 12.7 Å². The molecule has 3 rings (SSSR count). The van der Waals surface area contributed by atoms with Crippen LogP contribution in [-0.2, 0) is 0 Å². The maximum absolute atomic E-state index is 5.28. The Hall–Kier alpha value is -1.82. The van der Waals surface area contributed by atoms with Gasteiger partial charge in [-0.25, -0.2) is 0 Å². The third-order valence-electron chi connectivity index (χ3n) is 3.13. The van der Waals surface area contributed by atoms with Crippen LogP contribution in [0.5, 0.6) is 0 Å². The maximum Gasteiger partial charge on any atom is 0.245 e. The number of hydrogen-bond donors (Lipinski definition) is 2. The van der Waals surface area contributed by atoms with Crippen molar-refractivity contribution in [1.82, 2.24) is 20.5 Å². The number of aryl methyl sites for hydroxylation is 1. The van der Waals surface area contributed by atoms with Gasteiger partial charge in [-0.2, -0.15) is 4.98 Å². The van der Waals surface area contributed by atoms with Crippen LogP contribution in [0.4, 0.5) is 5.95 Å². The minimum absolute atomic E-state index is 0.469. The van der Waals surface area contributed by atoms with Crippen molar-refractivity contribution >= 4 is 5.95 Å². The number of piperazine rings is 1. The molecule has 18 heavy (non-hydrogen) atoms. The van der Waals surface area contributed by atoms with Crippen LogP contribution in [0, 0.1) is 6.92 Å². The summed E-state index contributed by atoms with van der Waals surface area (Å²) in [6, 6.07) is 2.42. The Morgan fingerprint density at radius 3 is 3.11 bits per heavy atom. The smallest absolute Gasteiger partial charge is 0.245 e. The van der Waals surface area contributed by atoms with Crippen LogP contribution < -0.4 is 10.2 Å². The van der Waals surface area contributed by atoms with Gasteiger partial charge in [-0.05, 0) is 19.9 Å². The van der Waals surface area contributed by atoms with Crippen LogP contribution in [0.25, 0.3) is 11.4 Å². The van der Waals surface area contributed by atoms with E-state index in [0.29, 0.717) is 6.04 Å². The van der Waals surface area contributed by atoms with Gasteiger partial charge >= 0.3 is 0 Å². The summed E-state index contributed by atoms with van der Waals surface area (Å²) in [4.78, 5) is 6.71. The standard InChI is InChI=1S/C12H17N5O/c1-8-6-17(4-3-13-8)12-14-11(15-16-12)10-5-9(2)18-7-10/h5,7-8,13H,3-4,6H2,1-2H3,(H,14,15,16)/t8-/m0/s1. The summed E-state index contributed by atoms with van der Waals surface area (Å²) in [7, 11) is 0. The first-order valence-corrected chi connectivity index (χ1v) is 6.18. The predicted octanol–water partition coefficient (Wildman–Crippen LogP) is 1.17. The van der Waals surface area contributed by atoms with E-state index in [1.165, 1.54) is 0 Å². The van der Waals surface area contributed by atoms with Gasteiger partial charge in [-0.3, -0.25) is 5.10 Å². The number of nitrogens with one attached hydrogen (secondary N) is 2. The fraction of sp³-hybridized carbons (Fsp3) is 0.500. The van der Waals surface area contributed by atoms with Crippen molar-refractivity contribution in [2.75, 3.05) is 24.5 Å².